The summed E-state index contributed by atoms with van der Waals surface area (Å²) < 4.78 is 26.2. The Hall–Kier alpha value is -0.430. The molecule has 0 atom stereocenters. The molecule has 0 saturated heterocycles. The summed E-state index contributed by atoms with van der Waals surface area (Å²) in [6, 6.07) is 3.40. The van der Waals surface area contributed by atoms with Gasteiger partial charge < -0.3 is 5.11 Å². The third-order valence-corrected chi connectivity index (χ3v) is 6.21. The monoisotopic (exact) mass is 291 g/mol. The molecular formula is C12H21NO3S2. The zero-order valence-corrected chi connectivity index (χ0v) is 12.6. The largest absolute Gasteiger partial charge is 0.396 e. The first-order valence-corrected chi connectivity index (χ1v) is 8.44. The maximum absolute atomic E-state index is 12.2. The third kappa shape index (κ3) is 4.05. The van der Waals surface area contributed by atoms with Gasteiger partial charge in [0.05, 0.1) is 0 Å². The molecule has 0 amide bonds. The van der Waals surface area contributed by atoms with E-state index in [-0.39, 0.29) is 6.61 Å². The lowest BCUT2D eigenvalue weighted by Gasteiger charge is -2.15. The van der Waals surface area contributed by atoms with E-state index in [1.165, 1.54) is 15.6 Å². The van der Waals surface area contributed by atoms with Crippen LogP contribution in [0.25, 0.3) is 0 Å². The minimum Gasteiger partial charge on any atom is -0.396 e. The molecule has 1 aromatic heterocycles. The highest BCUT2D eigenvalue weighted by Crippen LogP contribution is 2.24. The lowest BCUT2D eigenvalue weighted by molar-refractivity contribution is 0.300. The van der Waals surface area contributed by atoms with Gasteiger partial charge in [0.25, 0.3) is 10.0 Å². The maximum Gasteiger partial charge on any atom is 0.252 e. The van der Waals surface area contributed by atoms with Crippen molar-refractivity contribution in [3.63, 3.8) is 0 Å². The molecule has 0 saturated carbocycles. The van der Waals surface area contributed by atoms with Gasteiger partial charge in [-0.1, -0.05) is 19.8 Å². The molecule has 0 aliphatic carbocycles. The van der Waals surface area contributed by atoms with Gasteiger partial charge in [-0.25, -0.2) is 12.7 Å². The quantitative estimate of drug-likeness (QED) is 0.746. The highest BCUT2D eigenvalue weighted by molar-refractivity contribution is 7.91. The van der Waals surface area contributed by atoms with Gasteiger partial charge in [0.15, 0.2) is 0 Å². The Morgan fingerprint density at radius 2 is 2.06 bits per heavy atom. The molecule has 0 spiro atoms. The fraction of sp³-hybridized carbons (Fsp3) is 0.667. The van der Waals surface area contributed by atoms with E-state index in [0.717, 1.165) is 24.1 Å². The average molecular weight is 291 g/mol. The van der Waals surface area contributed by atoms with Crippen LogP contribution in [0.15, 0.2) is 16.3 Å². The van der Waals surface area contributed by atoms with Crippen molar-refractivity contribution in [2.24, 2.45) is 0 Å². The van der Waals surface area contributed by atoms with Gasteiger partial charge in [-0.3, -0.25) is 0 Å². The van der Waals surface area contributed by atoms with Crippen molar-refractivity contribution in [1.29, 1.82) is 0 Å². The molecule has 1 N–H and O–H groups in total. The summed E-state index contributed by atoms with van der Waals surface area (Å²) in [5, 5.41) is 8.83. The Labute approximate surface area is 113 Å². The fourth-order valence-corrected chi connectivity index (χ4v) is 4.36. The van der Waals surface area contributed by atoms with Gasteiger partial charge in [0.2, 0.25) is 0 Å². The number of hydrogen-bond acceptors (Lipinski definition) is 4. The Kier molecular flexibility index (Phi) is 6.28. The summed E-state index contributed by atoms with van der Waals surface area (Å²) in [6.07, 6.45) is 3.52. The number of thiophene rings is 1. The van der Waals surface area contributed by atoms with Crippen molar-refractivity contribution in [2.75, 3.05) is 20.2 Å². The van der Waals surface area contributed by atoms with Crippen LogP contribution in [-0.4, -0.2) is 38.0 Å². The molecule has 0 fully saturated rings. The molecule has 0 bridgehead atoms. The van der Waals surface area contributed by atoms with Crippen LogP contribution in [0.4, 0.5) is 0 Å². The lowest BCUT2D eigenvalue weighted by atomic mass is 10.2. The zero-order chi connectivity index (χ0) is 13.6. The Morgan fingerprint density at radius 1 is 1.33 bits per heavy atom. The van der Waals surface area contributed by atoms with Crippen LogP contribution in [-0.2, 0) is 16.4 Å². The summed E-state index contributed by atoms with van der Waals surface area (Å²) in [5.74, 6) is 0. The summed E-state index contributed by atoms with van der Waals surface area (Å²) in [4.78, 5) is 0.901. The second-order valence-electron chi connectivity index (χ2n) is 4.23. The van der Waals surface area contributed by atoms with Crippen molar-refractivity contribution in [2.45, 2.75) is 36.8 Å². The molecule has 0 unspecified atom stereocenters. The molecule has 104 valence electrons. The maximum atomic E-state index is 12.2. The minimum absolute atomic E-state index is 0.0480. The number of aliphatic hydroxyl groups excluding tert-OH is 1. The average Bonchev–Trinajstić information content (AvgIpc) is 2.79. The molecule has 0 aromatic carbocycles. The Morgan fingerprint density at radius 3 is 2.67 bits per heavy atom. The molecule has 1 aromatic rings. The highest BCUT2D eigenvalue weighted by Gasteiger charge is 2.22. The normalized spacial score (nSPS) is 12.2. The second kappa shape index (κ2) is 7.23. The van der Waals surface area contributed by atoms with E-state index in [9.17, 15) is 8.42 Å². The third-order valence-electron chi connectivity index (χ3n) is 2.74. The van der Waals surface area contributed by atoms with Crippen LogP contribution in [0.3, 0.4) is 0 Å². The Bertz CT molecular complexity index is 454. The van der Waals surface area contributed by atoms with E-state index in [0.29, 0.717) is 17.2 Å². The topological polar surface area (TPSA) is 57.6 Å². The molecule has 6 heteroatoms. The smallest absolute Gasteiger partial charge is 0.252 e. The summed E-state index contributed by atoms with van der Waals surface area (Å²) >= 11 is 1.24. The lowest BCUT2D eigenvalue weighted by Crippen LogP contribution is -2.27. The number of rotatable bonds is 8. The van der Waals surface area contributed by atoms with Crippen LogP contribution in [0.1, 0.15) is 31.1 Å². The van der Waals surface area contributed by atoms with Gasteiger partial charge in [-0.15, -0.1) is 11.3 Å². The van der Waals surface area contributed by atoms with Crippen LogP contribution in [0.5, 0.6) is 0 Å². The molecule has 4 nitrogen and oxygen atoms in total. The number of aliphatic hydroxyl groups is 1. The van der Waals surface area contributed by atoms with E-state index < -0.39 is 10.0 Å². The Balaban J connectivity index is 2.71. The van der Waals surface area contributed by atoms with Gasteiger partial charge in [0.1, 0.15) is 4.21 Å². The SMILES string of the molecule is CCCCCN(C)S(=O)(=O)c1ccc(CCO)s1. The summed E-state index contributed by atoms with van der Waals surface area (Å²) in [7, 11) is -1.73. The van der Waals surface area contributed by atoms with Crippen LogP contribution in [0, 0.1) is 0 Å². The minimum atomic E-state index is -3.35. The van der Waals surface area contributed by atoms with Crippen molar-refractivity contribution in [1.82, 2.24) is 4.31 Å². The first-order valence-electron chi connectivity index (χ1n) is 6.18. The predicted molar refractivity (Wildman–Crippen MR) is 74.4 cm³/mol. The highest BCUT2D eigenvalue weighted by atomic mass is 32.2. The molecule has 0 radical (unpaired) electrons. The fourth-order valence-electron chi connectivity index (χ4n) is 1.60. The van der Waals surface area contributed by atoms with Crippen LogP contribution >= 0.6 is 11.3 Å². The molecular weight excluding hydrogens is 270 g/mol. The van der Waals surface area contributed by atoms with E-state index in [1.54, 1.807) is 19.2 Å². The number of nitrogens with zero attached hydrogens (tertiary/aromatic N) is 1. The first-order chi connectivity index (χ1) is 8.52. The van der Waals surface area contributed by atoms with Crippen LogP contribution < -0.4 is 0 Å². The van der Waals surface area contributed by atoms with Gasteiger partial charge in [-0.2, -0.15) is 0 Å². The van der Waals surface area contributed by atoms with Crippen molar-refractivity contribution in [3.8, 4) is 0 Å². The van der Waals surface area contributed by atoms with Crippen molar-refractivity contribution >= 4 is 21.4 Å². The van der Waals surface area contributed by atoms with Gasteiger partial charge in [-0.05, 0) is 18.6 Å². The van der Waals surface area contributed by atoms with Gasteiger partial charge >= 0.3 is 0 Å². The van der Waals surface area contributed by atoms with Crippen molar-refractivity contribution < 1.29 is 13.5 Å². The first kappa shape index (κ1) is 15.6. The standard InChI is InChI=1S/C12H21NO3S2/c1-3-4-5-9-13(2)18(15,16)12-7-6-11(17-12)8-10-14/h6-7,14H,3-5,8-10H2,1-2H3. The van der Waals surface area contributed by atoms with E-state index in [2.05, 4.69) is 6.92 Å². The van der Waals surface area contributed by atoms with Crippen molar-refractivity contribution in [3.05, 3.63) is 17.0 Å². The summed E-state index contributed by atoms with van der Waals surface area (Å²) in [5.41, 5.74) is 0. The van der Waals surface area contributed by atoms with E-state index >= 15 is 0 Å². The van der Waals surface area contributed by atoms with Gasteiger partial charge in [0, 0.05) is 31.5 Å². The molecule has 1 rings (SSSR count). The zero-order valence-electron chi connectivity index (χ0n) is 10.9. The predicted octanol–water partition coefficient (Wildman–Crippen LogP) is 2.09. The number of hydrogen-bond donors (Lipinski definition) is 1. The second-order valence-corrected chi connectivity index (χ2v) is 7.67. The number of sulfonamides is 1. The van der Waals surface area contributed by atoms with E-state index in [1.807, 2.05) is 0 Å². The molecule has 18 heavy (non-hydrogen) atoms. The molecule has 0 aliphatic heterocycles. The molecule has 1 heterocycles. The summed E-state index contributed by atoms with van der Waals surface area (Å²) in [6.45, 7) is 2.70. The molecule has 0 aliphatic rings. The number of unbranched alkanes of at least 4 members (excludes halogenated alkanes) is 2. The van der Waals surface area contributed by atoms with Crippen LogP contribution in [0.2, 0.25) is 0 Å². The van der Waals surface area contributed by atoms with E-state index in [4.69, 9.17) is 5.11 Å².